The van der Waals surface area contributed by atoms with Crippen LogP contribution in [0.2, 0.25) is 0 Å². The van der Waals surface area contributed by atoms with Crippen LogP contribution in [0.3, 0.4) is 0 Å². The van der Waals surface area contributed by atoms with Gasteiger partial charge in [0.05, 0.1) is 41.2 Å². The van der Waals surface area contributed by atoms with Crippen molar-refractivity contribution in [3.05, 3.63) is 87.7 Å². The van der Waals surface area contributed by atoms with E-state index in [9.17, 15) is 29.2 Å². The van der Waals surface area contributed by atoms with Crippen LogP contribution in [0.5, 0.6) is 17.2 Å². The Labute approximate surface area is 409 Å². The number of hydrogen-bond acceptors (Lipinski definition) is 14. The summed E-state index contributed by atoms with van der Waals surface area (Å²) in [6.07, 6.45) is -0.190. The Morgan fingerprint density at radius 3 is 2.04 bits per heavy atom. The van der Waals surface area contributed by atoms with E-state index in [1.165, 1.54) is 32.7 Å². The van der Waals surface area contributed by atoms with Crippen LogP contribution >= 0.6 is 0 Å². The van der Waals surface area contributed by atoms with E-state index in [2.05, 4.69) is 15.3 Å². The van der Waals surface area contributed by atoms with Crippen LogP contribution in [0.4, 0.5) is 17.6 Å². The number of nitrogens with two attached hydrogens (primary N) is 3. The summed E-state index contributed by atoms with van der Waals surface area (Å²) < 4.78 is 78.1. The first-order valence-electron chi connectivity index (χ1n) is 23.4. The molecule has 2 amide bonds. The molecule has 71 heavy (non-hydrogen) atoms. The first-order valence-corrected chi connectivity index (χ1v) is 23.4. The summed E-state index contributed by atoms with van der Waals surface area (Å²) in [6, 6.07) is 9.53. The Morgan fingerprint density at radius 1 is 0.859 bits per heavy atom. The Morgan fingerprint density at radius 2 is 1.46 bits per heavy atom. The van der Waals surface area contributed by atoms with Crippen LogP contribution in [0.1, 0.15) is 97.7 Å². The number of Topliss-reactive ketones (excluding diaryl/α,β-unsaturated/α-hetero) is 3. The molecule has 1 aromatic heterocycles. The normalized spacial score (nSPS) is 16.3. The van der Waals surface area contributed by atoms with Crippen molar-refractivity contribution in [2.75, 3.05) is 46.5 Å². The Bertz CT molecular complexity index is 2630. The van der Waals surface area contributed by atoms with E-state index >= 15 is 17.6 Å². The van der Waals surface area contributed by atoms with E-state index in [0.29, 0.717) is 46.6 Å². The van der Waals surface area contributed by atoms with Gasteiger partial charge < -0.3 is 41.6 Å². The van der Waals surface area contributed by atoms with Gasteiger partial charge in [-0.25, -0.2) is 18.7 Å². The lowest BCUT2D eigenvalue weighted by Crippen LogP contribution is -2.46. The average Bonchev–Trinajstić information content (AvgIpc) is 3.34. The van der Waals surface area contributed by atoms with Crippen LogP contribution < -0.4 is 36.7 Å². The Hall–Kier alpha value is -6.82. The summed E-state index contributed by atoms with van der Waals surface area (Å²) in [5.74, 6) is -13.5. The van der Waals surface area contributed by atoms with E-state index < -0.39 is 106 Å². The molecule has 3 aromatic carbocycles. The molecule has 0 radical (unpaired) electrons. The van der Waals surface area contributed by atoms with Crippen molar-refractivity contribution < 1.29 is 55.7 Å². The fraction of sp³-hybridized carbons (Fsp3) is 0.451. The fourth-order valence-corrected chi connectivity index (χ4v) is 8.45. The summed E-state index contributed by atoms with van der Waals surface area (Å²) >= 11 is 0. The number of aromatic nitrogens is 2. The minimum absolute atomic E-state index is 0.0376. The molecule has 0 unspecified atom stereocenters. The topological polar surface area (TPSA) is 256 Å². The van der Waals surface area contributed by atoms with Gasteiger partial charge >= 0.3 is 0 Å². The minimum atomic E-state index is -1.79. The maximum atomic E-state index is 15.4. The first kappa shape index (κ1) is 55.1. The second-order valence-corrected chi connectivity index (χ2v) is 17.3. The highest BCUT2D eigenvalue weighted by Gasteiger charge is 2.37. The third kappa shape index (κ3) is 12.9. The number of fused-ring (bicyclic) bond motifs is 5. The molecule has 0 fully saturated rings. The van der Waals surface area contributed by atoms with Crippen molar-refractivity contribution in [3.63, 3.8) is 0 Å². The van der Waals surface area contributed by atoms with Crippen LogP contribution in [-0.2, 0) is 25.6 Å². The molecule has 16 nitrogen and oxygen atoms in total. The number of ether oxygens (including phenoxy) is 3. The number of halogens is 4. The number of nitrogens with one attached hydrogen (secondary N) is 1. The zero-order valence-electron chi connectivity index (χ0n) is 40.5. The molecule has 4 bridgehead atoms. The highest BCUT2D eigenvalue weighted by Crippen LogP contribution is 2.41. The van der Waals surface area contributed by atoms with Gasteiger partial charge in [-0.15, -0.1) is 0 Å². The molecule has 1 aliphatic heterocycles. The third-order valence-corrected chi connectivity index (χ3v) is 12.1. The van der Waals surface area contributed by atoms with Crippen molar-refractivity contribution >= 4 is 29.2 Å². The third-order valence-electron chi connectivity index (χ3n) is 12.1. The van der Waals surface area contributed by atoms with E-state index in [1.807, 2.05) is 6.07 Å². The summed E-state index contributed by atoms with van der Waals surface area (Å²) in [6.45, 7) is 6.21. The van der Waals surface area contributed by atoms with Crippen molar-refractivity contribution in [1.82, 2.24) is 20.2 Å². The van der Waals surface area contributed by atoms with Gasteiger partial charge in [0.1, 0.15) is 30.8 Å². The highest BCUT2D eigenvalue weighted by molar-refractivity contribution is 6.01. The highest BCUT2D eigenvalue weighted by atomic mass is 19.2. The smallest absolute Gasteiger partial charge is 0.226 e. The second kappa shape index (κ2) is 25.3. The number of nitrogens with zero attached hydrogens (tertiary/aromatic N) is 4. The number of ketones is 3. The molecule has 7 N–H and O–H groups in total. The molecule has 1 aliphatic rings. The molecule has 0 spiro atoms. The summed E-state index contributed by atoms with van der Waals surface area (Å²) in [5, 5.41) is 12.0. The number of carbonyl (C=O) groups excluding carboxylic acids is 5. The van der Waals surface area contributed by atoms with Crippen LogP contribution in [0, 0.1) is 60.3 Å². The fourth-order valence-electron chi connectivity index (χ4n) is 8.45. The van der Waals surface area contributed by atoms with Crippen molar-refractivity contribution in [1.29, 1.82) is 5.26 Å². The maximum absolute atomic E-state index is 15.4. The standard InChI is InChI=1S/C51H60F4N8O8/c1-6-7-19-71-48-45(54)43(52)42(44(53)46(48)55)49-60-28(3)41(29(4)61-49)37(65)26-32(14-16-57)51(68)63(5)47-31-11-13-40(70-21-18-59)34(25-31)33-23-30(10-12-39(33)69-20-17-58)24-35(36(64)9-8-15-56)62-50(67)27(2)22-38(47)66/h10-13,23,25,27,32,35,47H,6-9,14,16-22,24,26,57-59H2,1-5H3,(H,62,67)/t27-,32-,35+,47+/m1/s1. The average molecular weight is 989 g/mol. The number of likely N-dealkylation sites (N-methyl/N-ethyl adjacent to an activating group) is 1. The number of aryl methyl sites for hydroxylation is 2. The molecule has 0 saturated carbocycles. The number of rotatable bonds is 21. The van der Waals surface area contributed by atoms with Gasteiger partial charge in [-0.2, -0.15) is 14.0 Å². The van der Waals surface area contributed by atoms with Crippen molar-refractivity contribution in [2.24, 2.45) is 29.0 Å². The lowest BCUT2D eigenvalue weighted by Gasteiger charge is -2.32. The number of unbranched alkanes of at least 4 members (excludes halogenated alkanes) is 1. The van der Waals surface area contributed by atoms with E-state index in [0.717, 1.165) is 0 Å². The van der Waals surface area contributed by atoms with E-state index in [4.69, 9.17) is 31.4 Å². The SMILES string of the molecule is CCCCOc1c(F)c(F)c(-c2nc(C)c(C(=O)C[C@@H](CCN)C(=O)N(C)[C@@H]3C(=O)C[C@@H](C)C(=O)N[C@H](C(=O)CCC#N)Cc4ccc(OCCN)c(c4)-c4cc3ccc4OCCN)c(C)n2)c(F)c1F. The summed E-state index contributed by atoms with van der Waals surface area (Å²) in [7, 11) is 1.38. The molecule has 0 saturated heterocycles. The van der Waals surface area contributed by atoms with Gasteiger partial charge in [0.2, 0.25) is 23.4 Å². The minimum Gasteiger partial charge on any atom is -0.492 e. The van der Waals surface area contributed by atoms with Crippen molar-refractivity contribution in [3.8, 4) is 45.8 Å². The van der Waals surface area contributed by atoms with Gasteiger partial charge in [0, 0.05) is 68.8 Å². The molecule has 0 aliphatic carbocycles. The molecule has 2 heterocycles. The molecular formula is C51H60F4N8O8. The Kier molecular flexibility index (Phi) is 19.7. The van der Waals surface area contributed by atoms with Crippen LogP contribution in [0.25, 0.3) is 22.5 Å². The lowest BCUT2D eigenvalue weighted by molar-refractivity contribution is -0.142. The zero-order valence-corrected chi connectivity index (χ0v) is 40.5. The van der Waals surface area contributed by atoms with Crippen LogP contribution in [0.15, 0.2) is 36.4 Å². The molecular weight excluding hydrogens is 929 g/mol. The predicted molar refractivity (Wildman–Crippen MR) is 254 cm³/mol. The maximum Gasteiger partial charge on any atom is 0.226 e. The lowest BCUT2D eigenvalue weighted by atomic mass is 9.88. The monoisotopic (exact) mass is 988 g/mol. The quantitative estimate of drug-likeness (QED) is 0.0319. The number of nitriles is 1. The Balaban J connectivity index is 1.57. The number of carbonyl (C=O) groups is 5. The van der Waals surface area contributed by atoms with Gasteiger partial charge in [-0.05, 0) is 75.0 Å². The van der Waals surface area contributed by atoms with E-state index in [-0.39, 0.29) is 82.1 Å². The number of hydrogen-bond donors (Lipinski definition) is 4. The van der Waals surface area contributed by atoms with Gasteiger partial charge in [0.25, 0.3) is 0 Å². The predicted octanol–water partition coefficient (Wildman–Crippen LogP) is 6.08. The summed E-state index contributed by atoms with van der Waals surface area (Å²) in [4.78, 5) is 80.4. The van der Waals surface area contributed by atoms with Gasteiger partial charge in [-0.3, -0.25) is 24.0 Å². The number of amides is 2. The van der Waals surface area contributed by atoms with Gasteiger partial charge in [-0.1, -0.05) is 32.4 Å². The summed E-state index contributed by atoms with van der Waals surface area (Å²) in [5.41, 5.74) is 17.9. The number of benzene rings is 3. The first-order chi connectivity index (χ1) is 33.9. The molecule has 4 atom stereocenters. The zero-order chi connectivity index (χ0) is 52.1. The molecule has 380 valence electrons. The largest absolute Gasteiger partial charge is 0.492 e. The second-order valence-electron chi connectivity index (χ2n) is 17.3. The van der Waals surface area contributed by atoms with E-state index in [1.54, 1.807) is 43.3 Å². The van der Waals surface area contributed by atoms with Crippen molar-refractivity contribution in [2.45, 2.75) is 91.1 Å². The molecule has 20 heteroatoms. The molecule has 5 rings (SSSR count). The van der Waals surface area contributed by atoms with Gasteiger partial charge in [0.15, 0.2) is 40.6 Å². The van der Waals surface area contributed by atoms with Crippen LogP contribution in [-0.4, -0.2) is 96.6 Å². The molecule has 4 aromatic rings.